The Morgan fingerprint density at radius 1 is 0.960 bits per heavy atom. The second-order valence-electron chi connectivity index (χ2n) is 6.69. The van der Waals surface area contributed by atoms with Gasteiger partial charge in [0.05, 0.1) is 0 Å². The van der Waals surface area contributed by atoms with Crippen molar-refractivity contribution in [3.05, 3.63) is 64.7 Å². The normalized spacial score (nSPS) is 10.8. The number of anilines is 1. The Labute approximate surface area is 151 Å². The second-order valence-corrected chi connectivity index (χ2v) is 6.69. The summed E-state index contributed by atoms with van der Waals surface area (Å²) in [4.78, 5) is 12.3. The standard InChI is InChI=1S/C22H30N2O/c1-5-17-10-12-18(13-11-17)14-15-23-22(25)24-21-19(6-2)8-7-9-20(21)16(3)4/h7-13,16H,5-6,14-15H2,1-4H3,(H2,23,24,25). The zero-order chi connectivity index (χ0) is 18.2. The summed E-state index contributed by atoms with van der Waals surface area (Å²) in [7, 11) is 0. The molecule has 0 aliphatic rings. The third-order valence-electron chi connectivity index (χ3n) is 4.55. The Kier molecular flexibility index (Phi) is 7.05. The highest BCUT2D eigenvalue weighted by Gasteiger charge is 2.12. The van der Waals surface area contributed by atoms with Crippen LogP contribution in [0, 0.1) is 0 Å². The van der Waals surface area contributed by atoms with Crippen LogP contribution in [0.4, 0.5) is 10.5 Å². The average molecular weight is 338 g/mol. The van der Waals surface area contributed by atoms with Crippen LogP contribution in [0.25, 0.3) is 0 Å². The molecule has 0 saturated carbocycles. The van der Waals surface area contributed by atoms with Crippen molar-refractivity contribution in [2.45, 2.75) is 52.9 Å². The minimum absolute atomic E-state index is 0.132. The lowest BCUT2D eigenvalue weighted by molar-refractivity contribution is 0.252. The maximum atomic E-state index is 12.3. The molecule has 2 N–H and O–H groups in total. The topological polar surface area (TPSA) is 41.1 Å². The lowest BCUT2D eigenvalue weighted by Gasteiger charge is -2.18. The van der Waals surface area contributed by atoms with Gasteiger partial charge >= 0.3 is 6.03 Å². The SMILES string of the molecule is CCc1ccc(CCNC(=O)Nc2c(CC)cccc2C(C)C)cc1. The van der Waals surface area contributed by atoms with Crippen LogP contribution < -0.4 is 10.6 Å². The predicted molar refractivity (Wildman–Crippen MR) is 106 cm³/mol. The first-order chi connectivity index (χ1) is 12.0. The van der Waals surface area contributed by atoms with E-state index in [2.05, 4.69) is 80.8 Å². The maximum Gasteiger partial charge on any atom is 0.319 e. The van der Waals surface area contributed by atoms with Crippen LogP contribution in [0.1, 0.15) is 55.9 Å². The van der Waals surface area contributed by atoms with E-state index in [-0.39, 0.29) is 6.03 Å². The van der Waals surface area contributed by atoms with Gasteiger partial charge in [-0.2, -0.15) is 0 Å². The van der Waals surface area contributed by atoms with Crippen LogP contribution in [0.15, 0.2) is 42.5 Å². The molecule has 0 heterocycles. The summed E-state index contributed by atoms with van der Waals surface area (Å²) in [5.41, 5.74) is 5.91. The number of aryl methyl sites for hydroxylation is 2. The molecule has 2 aromatic rings. The molecule has 0 aliphatic heterocycles. The monoisotopic (exact) mass is 338 g/mol. The fourth-order valence-corrected chi connectivity index (χ4v) is 2.97. The van der Waals surface area contributed by atoms with Crippen LogP contribution in [0.5, 0.6) is 0 Å². The number of hydrogen-bond acceptors (Lipinski definition) is 1. The van der Waals surface area contributed by atoms with E-state index >= 15 is 0 Å². The van der Waals surface area contributed by atoms with E-state index in [1.807, 2.05) is 0 Å². The molecule has 2 rings (SSSR count). The predicted octanol–water partition coefficient (Wildman–Crippen LogP) is 5.30. The maximum absolute atomic E-state index is 12.3. The van der Waals surface area contributed by atoms with E-state index in [0.29, 0.717) is 12.5 Å². The van der Waals surface area contributed by atoms with Crippen molar-refractivity contribution in [2.24, 2.45) is 0 Å². The van der Waals surface area contributed by atoms with Gasteiger partial charge in [-0.15, -0.1) is 0 Å². The van der Waals surface area contributed by atoms with Gasteiger partial charge in [0, 0.05) is 12.2 Å². The van der Waals surface area contributed by atoms with E-state index in [9.17, 15) is 4.79 Å². The van der Waals surface area contributed by atoms with Crippen LogP contribution in [0.3, 0.4) is 0 Å². The molecule has 2 amide bonds. The smallest absolute Gasteiger partial charge is 0.319 e. The average Bonchev–Trinajstić information content (AvgIpc) is 2.62. The molecule has 0 atom stereocenters. The Morgan fingerprint density at radius 3 is 2.24 bits per heavy atom. The third-order valence-corrected chi connectivity index (χ3v) is 4.55. The molecule has 0 aromatic heterocycles. The van der Waals surface area contributed by atoms with Crippen molar-refractivity contribution in [3.63, 3.8) is 0 Å². The highest BCUT2D eigenvalue weighted by Crippen LogP contribution is 2.28. The number of carbonyl (C=O) groups is 1. The molecule has 0 fully saturated rings. The van der Waals surface area contributed by atoms with Gasteiger partial charge in [0.15, 0.2) is 0 Å². The van der Waals surface area contributed by atoms with Gasteiger partial charge in [-0.1, -0.05) is 70.2 Å². The molecular formula is C22H30N2O. The number of para-hydroxylation sites is 1. The fourth-order valence-electron chi connectivity index (χ4n) is 2.97. The number of amides is 2. The number of urea groups is 1. The second kappa shape index (κ2) is 9.26. The minimum atomic E-state index is -0.132. The molecule has 3 heteroatoms. The van der Waals surface area contributed by atoms with E-state index in [4.69, 9.17) is 0 Å². The molecule has 25 heavy (non-hydrogen) atoms. The first-order valence-electron chi connectivity index (χ1n) is 9.29. The van der Waals surface area contributed by atoms with Crippen molar-refractivity contribution in [3.8, 4) is 0 Å². The van der Waals surface area contributed by atoms with Gasteiger partial charge < -0.3 is 10.6 Å². The van der Waals surface area contributed by atoms with Crippen LogP contribution >= 0.6 is 0 Å². The quantitative estimate of drug-likeness (QED) is 0.707. The van der Waals surface area contributed by atoms with Crippen molar-refractivity contribution in [1.82, 2.24) is 5.32 Å². The number of benzene rings is 2. The molecule has 0 bridgehead atoms. The van der Waals surface area contributed by atoms with Gasteiger partial charge in [-0.05, 0) is 47.4 Å². The highest BCUT2D eigenvalue weighted by atomic mass is 16.2. The first kappa shape index (κ1) is 19.0. The molecule has 0 radical (unpaired) electrons. The number of hydrogen-bond donors (Lipinski definition) is 2. The van der Waals surface area contributed by atoms with Crippen LogP contribution in [-0.4, -0.2) is 12.6 Å². The molecule has 0 unspecified atom stereocenters. The van der Waals surface area contributed by atoms with Crippen LogP contribution in [0.2, 0.25) is 0 Å². The van der Waals surface area contributed by atoms with Crippen molar-refractivity contribution < 1.29 is 4.79 Å². The molecule has 0 spiro atoms. The van der Waals surface area contributed by atoms with E-state index in [1.54, 1.807) is 0 Å². The first-order valence-corrected chi connectivity index (χ1v) is 9.29. The summed E-state index contributed by atoms with van der Waals surface area (Å²) in [5, 5.41) is 6.04. The number of nitrogens with one attached hydrogen (secondary N) is 2. The summed E-state index contributed by atoms with van der Waals surface area (Å²) < 4.78 is 0. The van der Waals surface area contributed by atoms with E-state index in [1.165, 1.54) is 22.3 Å². The fraction of sp³-hybridized carbons (Fsp3) is 0.409. The zero-order valence-corrected chi connectivity index (χ0v) is 15.9. The summed E-state index contributed by atoms with van der Waals surface area (Å²) in [6.45, 7) is 9.20. The molecule has 0 aliphatic carbocycles. The molecule has 134 valence electrons. The van der Waals surface area contributed by atoms with Gasteiger partial charge in [0.1, 0.15) is 0 Å². The summed E-state index contributed by atoms with van der Waals surface area (Å²) in [6, 6.07) is 14.7. The molecule has 2 aromatic carbocycles. The summed E-state index contributed by atoms with van der Waals surface area (Å²) in [6.07, 6.45) is 2.79. The largest absolute Gasteiger partial charge is 0.338 e. The lowest BCUT2D eigenvalue weighted by atomic mass is 9.96. The summed E-state index contributed by atoms with van der Waals surface area (Å²) in [5.74, 6) is 0.374. The number of rotatable bonds is 7. The third kappa shape index (κ3) is 5.35. The molecule has 0 saturated heterocycles. The van der Waals surface area contributed by atoms with Gasteiger partial charge in [0.2, 0.25) is 0 Å². The van der Waals surface area contributed by atoms with Gasteiger partial charge in [-0.25, -0.2) is 4.79 Å². The van der Waals surface area contributed by atoms with Crippen molar-refractivity contribution in [2.75, 3.05) is 11.9 Å². The van der Waals surface area contributed by atoms with Gasteiger partial charge in [0.25, 0.3) is 0 Å². The summed E-state index contributed by atoms with van der Waals surface area (Å²) >= 11 is 0. The zero-order valence-electron chi connectivity index (χ0n) is 15.9. The Balaban J connectivity index is 1.93. The Morgan fingerprint density at radius 2 is 1.64 bits per heavy atom. The van der Waals surface area contributed by atoms with Crippen LogP contribution in [-0.2, 0) is 19.3 Å². The Bertz CT molecular complexity index is 690. The minimum Gasteiger partial charge on any atom is -0.338 e. The Hall–Kier alpha value is -2.29. The number of carbonyl (C=O) groups excluding carboxylic acids is 1. The lowest BCUT2D eigenvalue weighted by Crippen LogP contribution is -2.31. The van der Waals surface area contributed by atoms with E-state index in [0.717, 1.165) is 24.9 Å². The van der Waals surface area contributed by atoms with E-state index < -0.39 is 0 Å². The van der Waals surface area contributed by atoms with Crippen molar-refractivity contribution >= 4 is 11.7 Å². The molecular weight excluding hydrogens is 308 g/mol. The van der Waals surface area contributed by atoms with Gasteiger partial charge in [-0.3, -0.25) is 0 Å². The molecule has 3 nitrogen and oxygen atoms in total. The van der Waals surface area contributed by atoms with Crippen molar-refractivity contribution in [1.29, 1.82) is 0 Å². The highest BCUT2D eigenvalue weighted by molar-refractivity contribution is 5.91.